The summed E-state index contributed by atoms with van der Waals surface area (Å²) < 4.78 is 40.1. The molecule has 2 rings (SSSR count). The Hall–Kier alpha value is -1.19. The third kappa shape index (κ3) is 7.59. The summed E-state index contributed by atoms with van der Waals surface area (Å²) in [6, 6.07) is 5.84. The summed E-state index contributed by atoms with van der Waals surface area (Å²) in [4.78, 5) is 6.48. The highest BCUT2D eigenvalue weighted by Crippen LogP contribution is 2.22. The van der Waals surface area contributed by atoms with Gasteiger partial charge in [0, 0.05) is 19.6 Å². The van der Waals surface area contributed by atoms with Crippen LogP contribution in [0.4, 0.5) is 13.2 Å². The van der Waals surface area contributed by atoms with Crippen LogP contribution in [0.3, 0.4) is 0 Å². The fraction of sp³-hybridized carbons (Fsp3) is 0.562. The topological polar surface area (TPSA) is 50.9 Å². The van der Waals surface area contributed by atoms with Crippen LogP contribution >= 0.6 is 24.0 Å². The SMILES string of the molecule is I.NC(=NCCc1ccc(OC(F)(F)F)cc1)N1CCCCCC1. The lowest BCUT2D eigenvalue weighted by Crippen LogP contribution is -2.38. The second kappa shape index (κ2) is 9.95. The third-order valence-corrected chi connectivity index (χ3v) is 3.76. The van der Waals surface area contributed by atoms with Gasteiger partial charge in [-0.2, -0.15) is 0 Å². The molecule has 0 aliphatic carbocycles. The number of nitrogens with zero attached hydrogens (tertiary/aromatic N) is 2. The average molecular weight is 457 g/mol. The van der Waals surface area contributed by atoms with Gasteiger partial charge in [0.1, 0.15) is 5.75 Å². The van der Waals surface area contributed by atoms with Crippen molar-refractivity contribution < 1.29 is 17.9 Å². The summed E-state index contributed by atoms with van der Waals surface area (Å²) >= 11 is 0. The number of ether oxygens (including phenoxy) is 1. The smallest absolute Gasteiger partial charge is 0.406 e. The van der Waals surface area contributed by atoms with Gasteiger partial charge in [-0.1, -0.05) is 25.0 Å². The highest BCUT2D eigenvalue weighted by molar-refractivity contribution is 14.0. The van der Waals surface area contributed by atoms with Gasteiger partial charge in [0.25, 0.3) is 0 Å². The highest BCUT2D eigenvalue weighted by atomic mass is 127. The Bertz CT molecular complexity index is 512. The number of halogens is 4. The van der Waals surface area contributed by atoms with Gasteiger partial charge in [0.2, 0.25) is 0 Å². The molecule has 0 aromatic heterocycles. The molecular weight excluding hydrogens is 434 g/mol. The molecule has 1 aliphatic heterocycles. The number of aliphatic imine (C=N–C) groups is 1. The number of nitrogens with two attached hydrogens (primary N) is 1. The minimum absolute atomic E-state index is 0. The summed E-state index contributed by atoms with van der Waals surface area (Å²) in [6.07, 6.45) is 0.703. The standard InChI is InChI=1S/C16H22F3N3O.HI/c17-16(18,19)23-14-7-5-13(6-8-14)9-10-21-15(20)22-11-3-1-2-4-12-22;/h5-8H,1-4,9-12H2,(H2,20,21);1H. The zero-order valence-corrected chi connectivity index (χ0v) is 15.7. The van der Waals surface area contributed by atoms with Crippen molar-refractivity contribution in [3.63, 3.8) is 0 Å². The van der Waals surface area contributed by atoms with E-state index in [1.165, 1.54) is 25.0 Å². The summed E-state index contributed by atoms with van der Waals surface area (Å²) in [5.41, 5.74) is 6.90. The lowest BCUT2D eigenvalue weighted by Gasteiger charge is -2.21. The Morgan fingerprint density at radius 1 is 1.08 bits per heavy atom. The van der Waals surface area contributed by atoms with E-state index in [0.717, 1.165) is 31.5 Å². The van der Waals surface area contributed by atoms with E-state index in [2.05, 4.69) is 14.6 Å². The molecule has 2 N–H and O–H groups in total. The molecule has 0 saturated carbocycles. The molecule has 0 bridgehead atoms. The third-order valence-electron chi connectivity index (χ3n) is 3.76. The molecule has 0 spiro atoms. The largest absolute Gasteiger partial charge is 0.573 e. The quantitative estimate of drug-likeness (QED) is 0.424. The van der Waals surface area contributed by atoms with Gasteiger partial charge in [0.05, 0.1) is 0 Å². The van der Waals surface area contributed by atoms with Crippen LogP contribution in [0.2, 0.25) is 0 Å². The maximum atomic E-state index is 12.1. The Labute approximate surface area is 157 Å². The van der Waals surface area contributed by atoms with E-state index in [4.69, 9.17) is 5.73 Å². The average Bonchev–Trinajstić information content (AvgIpc) is 2.76. The lowest BCUT2D eigenvalue weighted by molar-refractivity contribution is -0.274. The summed E-state index contributed by atoms with van der Waals surface area (Å²) in [7, 11) is 0. The fourth-order valence-corrected chi connectivity index (χ4v) is 2.56. The van der Waals surface area contributed by atoms with Crippen LogP contribution in [0.5, 0.6) is 5.75 Å². The molecular formula is C16H23F3IN3O. The molecule has 24 heavy (non-hydrogen) atoms. The number of hydrogen-bond donors (Lipinski definition) is 1. The first-order valence-electron chi connectivity index (χ1n) is 7.83. The van der Waals surface area contributed by atoms with Crippen molar-refractivity contribution in [2.45, 2.75) is 38.5 Å². The van der Waals surface area contributed by atoms with Crippen LogP contribution in [0.25, 0.3) is 0 Å². The fourth-order valence-electron chi connectivity index (χ4n) is 2.56. The minimum Gasteiger partial charge on any atom is -0.406 e. The predicted molar refractivity (Wildman–Crippen MR) is 98.8 cm³/mol. The van der Waals surface area contributed by atoms with E-state index in [-0.39, 0.29) is 29.7 Å². The van der Waals surface area contributed by atoms with Crippen LogP contribution in [0.1, 0.15) is 31.2 Å². The second-order valence-corrected chi connectivity index (χ2v) is 5.58. The van der Waals surface area contributed by atoms with Gasteiger partial charge in [-0.3, -0.25) is 4.99 Å². The van der Waals surface area contributed by atoms with Crippen LogP contribution < -0.4 is 10.5 Å². The molecule has 1 aromatic rings. The van der Waals surface area contributed by atoms with Gasteiger partial charge < -0.3 is 15.4 Å². The zero-order chi connectivity index (χ0) is 16.7. The first kappa shape index (κ1) is 20.9. The summed E-state index contributed by atoms with van der Waals surface area (Å²) in [6.45, 7) is 2.40. The molecule has 1 heterocycles. The van der Waals surface area contributed by atoms with Crippen molar-refractivity contribution in [1.29, 1.82) is 0 Å². The number of benzene rings is 1. The van der Waals surface area contributed by atoms with Crippen molar-refractivity contribution in [2.75, 3.05) is 19.6 Å². The highest BCUT2D eigenvalue weighted by Gasteiger charge is 2.30. The van der Waals surface area contributed by atoms with Gasteiger partial charge in [-0.25, -0.2) is 0 Å². The molecule has 136 valence electrons. The number of likely N-dealkylation sites (tertiary alicyclic amines) is 1. The van der Waals surface area contributed by atoms with E-state index in [0.29, 0.717) is 18.9 Å². The van der Waals surface area contributed by atoms with Crippen molar-refractivity contribution in [3.05, 3.63) is 29.8 Å². The maximum Gasteiger partial charge on any atom is 0.573 e. The van der Waals surface area contributed by atoms with Gasteiger partial charge in [-0.05, 0) is 37.0 Å². The molecule has 1 saturated heterocycles. The monoisotopic (exact) mass is 457 g/mol. The lowest BCUT2D eigenvalue weighted by atomic mass is 10.1. The van der Waals surface area contributed by atoms with Crippen molar-refractivity contribution >= 4 is 29.9 Å². The number of alkyl halides is 3. The zero-order valence-electron chi connectivity index (χ0n) is 13.4. The molecule has 0 radical (unpaired) electrons. The van der Waals surface area contributed by atoms with Gasteiger partial charge in [0.15, 0.2) is 5.96 Å². The molecule has 1 fully saturated rings. The van der Waals surface area contributed by atoms with Crippen LogP contribution in [-0.4, -0.2) is 36.9 Å². The Morgan fingerprint density at radius 2 is 1.67 bits per heavy atom. The van der Waals surface area contributed by atoms with Crippen molar-refractivity contribution in [3.8, 4) is 5.75 Å². The maximum absolute atomic E-state index is 12.1. The van der Waals surface area contributed by atoms with Crippen LogP contribution in [0, 0.1) is 0 Å². The normalized spacial score (nSPS) is 16.3. The Morgan fingerprint density at radius 3 is 2.21 bits per heavy atom. The van der Waals surface area contributed by atoms with Crippen LogP contribution in [-0.2, 0) is 6.42 Å². The first-order chi connectivity index (χ1) is 10.9. The molecule has 0 amide bonds. The summed E-state index contributed by atoms with van der Waals surface area (Å²) in [5.74, 6) is 0.345. The van der Waals surface area contributed by atoms with E-state index in [9.17, 15) is 13.2 Å². The van der Waals surface area contributed by atoms with E-state index >= 15 is 0 Å². The minimum atomic E-state index is -4.66. The molecule has 8 heteroatoms. The molecule has 1 aromatic carbocycles. The van der Waals surface area contributed by atoms with E-state index < -0.39 is 6.36 Å². The number of guanidine groups is 1. The second-order valence-electron chi connectivity index (χ2n) is 5.58. The number of hydrogen-bond acceptors (Lipinski definition) is 2. The molecule has 4 nitrogen and oxygen atoms in total. The molecule has 1 aliphatic rings. The molecule has 0 unspecified atom stereocenters. The molecule has 0 atom stereocenters. The van der Waals surface area contributed by atoms with Crippen molar-refractivity contribution in [1.82, 2.24) is 4.90 Å². The predicted octanol–water partition coefficient (Wildman–Crippen LogP) is 3.94. The first-order valence-corrected chi connectivity index (χ1v) is 7.83. The van der Waals surface area contributed by atoms with Gasteiger partial charge >= 0.3 is 6.36 Å². The van der Waals surface area contributed by atoms with Gasteiger partial charge in [-0.15, -0.1) is 37.1 Å². The van der Waals surface area contributed by atoms with E-state index in [1.54, 1.807) is 12.1 Å². The van der Waals surface area contributed by atoms with Crippen molar-refractivity contribution in [2.24, 2.45) is 10.7 Å². The van der Waals surface area contributed by atoms with Crippen LogP contribution in [0.15, 0.2) is 29.3 Å². The number of rotatable bonds is 4. The summed E-state index contributed by atoms with van der Waals surface area (Å²) in [5, 5.41) is 0. The Balaban J connectivity index is 0.00000288. The Kier molecular flexibility index (Phi) is 8.65. The van der Waals surface area contributed by atoms with E-state index in [1.807, 2.05) is 0 Å².